The zero-order chi connectivity index (χ0) is 9.80. The topological polar surface area (TPSA) is 29.3 Å². The lowest BCUT2D eigenvalue weighted by atomic mass is 9.85. The Morgan fingerprint density at radius 1 is 1.14 bits per heavy atom. The predicted octanol–water partition coefficient (Wildman–Crippen LogP) is 1.99. The molecule has 82 valence electrons. The maximum atomic E-state index is 5.57. The van der Waals surface area contributed by atoms with E-state index in [1.54, 1.807) is 0 Å². The molecular formula is C12H24N2. The van der Waals surface area contributed by atoms with Crippen LogP contribution < -0.4 is 5.73 Å². The largest absolute Gasteiger partial charge is 0.330 e. The molecule has 1 heterocycles. The van der Waals surface area contributed by atoms with Crippen LogP contribution in [-0.4, -0.2) is 30.6 Å². The Kier molecular flexibility index (Phi) is 3.82. The molecule has 0 bridgehead atoms. The van der Waals surface area contributed by atoms with Crippen LogP contribution in [-0.2, 0) is 0 Å². The van der Waals surface area contributed by atoms with Crippen LogP contribution in [0.5, 0.6) is 0 Å². The van der Waals surface area contributed by atoms with Gasteiger partial charge < -0.3 is 10.6 Å². The van der Waals surface area contributed by atoms with Crippen LogP contribution in [0.4, 0.5) is 0 Å². The summed E-state index contributed by atoms with van der Waals surface area (Å²) in [6.45, 7) is 3.61. The zero-order valence-electron chi connectivity index (χ0n) is 9.25. The molecule has 2 nitrogen and oxygen atoms in total. The first-order valence-corrected chi connectivity index (χ1v) is 6.34. The molecule has 1 aliphatic heterocycles. The van der Waals surface area contributed by atoms with E-state index in [2.05, 4.69) is 4.90 Å². The number of nitrogens with two attached hydrogens (primary N) is 1. The first-order valence-electron chi connectivity index (χ1n) is 6.34. The molecule has 1 unspecified atom stereocenters. The van der Waals surface area contributed by atoms with E-state index in [0.29, 0.717) is 0 Å². The van der Waals surface area contributed by atoms with Gasteiger partial charge in [0, 0.05) is 12.6 Å². The lowest BCUT2D eigenvalue weighted by Crippen LogP contribution is -2.36. The highest BCUT2D eigenvalue weighted by Gasteiger charge is 2.28. The fourth-order valence-electron chi connectivity index (χ4n) is 2.82. The van der Waals surface area contributed by atoms with Gasteiger partial charge in [0.25, 0.3) is 0 Å². The maximum Gasteiger partial charge on any atom is 0.00963 e. The van der Waals surface area contributed by atoms with Crippen LogP contribution in [0.25, 0.3) is 0 Å². The second-order valence-electron chi connectivity index (χ2n) is 5.02. The Bertz CT molecular complexity index is 166. The van der Waals surface area contributed by atoms with E-state index in [0.717, 1.165) is 18.5 Å². The summed E-state index contributed by atoms with van der Waals surface area (Å²) in [5.41, 5.74) is 5.57. The normalized spacial score (nSPS) is 29.4. The second-order valence-corrected chi connectivity index (χ2v) is 5.02. The van der Waals surface area contributed by atoms with Gasteiger partial charge in [0.15, 0.2) is 0 Å². The van der Waals surface area contributed by atoms with E-state index in [1.165, 1.54) is 58.0 Å². The molecule has 1 aliphatic carbocycles. The van der Waals surface area contributed by atoms with Gasteiger partial charge in [0.2, 0.25) is 0 Å². The van der Waals surface area contributed by atoms with Crippen molar-refractivity contribution in [3.63, 3.8) is 0 Å². The number of hydrogen-bond acceptors (Lipinski definition) is 2. The minimum atomic E-state index is 0.869. The number of rotatable bonds is 5. The van der Waals surface area contributed by atoms with E-state index in [4.69, 9.17) is 5.73 Å². The predicted molar refractivity (Wildman–Crippen MR) is 60.2 cm³/mol. The third-order valence-electron chi connectivity index (χ3n) is 3.96. The lowest BCUT2D eigenvalue weighted by molar-refractivity contribution is 0.160. The lowest BCUT2D eigenvalue weighted by Gasteiger charge is -2.33. The van der Waals surface area contributed by atoms with E-state index >= 15 is 0 Å². The summed E-state index contributed by atoms with van der Waals surface area (Å²) < 4.78 is 0. The number of hydrogen-bond donors (Lipinski definition) is 1. The van der Waals surface area contributed by atoms with Crippen LogP contribution in [0.2, 0.25) is 0 Å². The van der Waals surface area contributed by atoms with Gasteiger partial charge >= 0.3 is 0 Å². The number of nitrogens with zero attached hydrogens (tertiary/aromatic N) is 1. The zero-order valence-corrected chi connectivity index (χ0v) is 9.25. The average Bonchev–Trinajstić information content (AvgIpc) is 2.55. The molecule has 0 radical (unpaired) electrons. The maximum absolute atomic E-state index is 5.57. The molecule has 0 amide bonds. The Labute approximate surface area is 87.8 Å². The summed E-state index contributed by atoms with van der Waals surface area (Å²) in [7, 11) is 0. The van der Waals surface area contributed by atoms with Gasteiger partial charge in [-0.25, -0.2) is 0 Å². The highest BCUT2D eigenvalue weighted by atomic mass is 15.2. The molecule has 0 aromatic heterocycles. The van der Waals surface area contributed by atoms with Crippen molar-refractivity contribution in [2.75, 3.05) is 19.6 Å². The fraction of sp³-hybridized carbons (Fsp3) is 1.00. The Morgan fingerprint density at radius 3 is 2.64 bits per heavy atom. The van der Waals surface area contributed by atoms with Crippen LogP contribution in [0.3, 0.4) is 0 Å². The van der Waals surface area contributed by atoms with Gasteiger partial charge in [-0.05, 0) is 57.5 Å². The van der Waals surface area contributed by atoms with Gasteiger partial charge in [0.05, 0.1) is 0 Å². The molecular weight excluding hydrogens is 172 g/mol. The summed E-state index contributed by atoms with van der Waals surface area (Å²) in [6.07, 6.45) is 9.84. The van der Waals surface area contributed by atoms with Crippen molar-refractivity contribution in [3.05, 3.63) is 0 Å². The summed E-state index contributed by atoms with van der Waals surface area (Å²) in [5, 5.41) is 0. The van der Waals surface area contributed by atoms with E-state index in [-0.39, 0.29) is 0 Å². The van der Waals surface area contributed by atoms with Crippen LogP contribution >= 0.6 is 0 Å². The Hall–Kier alpha value is -0.0800. The van der Waals surface area contributed by atoms with Gasteiger partial charge in [0.1, 0.15) is 0 Å². The van der Waals surface area contributed by atoms with Crippen LogP contribution in [0.15, 0.2) is 0 Å². The fourth-order valence-corrected chi connectivity index (χ4v) is 2.82. The van der Waals surface area contributed by atoms with Crippen molar-refractivity contribution < 1.29 is 0 Å². The molecule has 0 spiro atoms. The Morgan fingerprint density at radius 2 is 2.00 bits per heavy atom. The summed E-state index contributed by atoms with van der Waals surface area (Å²) in [4.78, 5) is 2.74. The average molecular weight is 196 g/mol. The van der Waals surface area contributed by atoms with E-state index in [9.17, 15) is 0 Å². The SMILES string of the molecule is NCCCC1CCCN1CC1CCC1. The molecule has 2 rings (SSSR count). The van der Waals surface area contributed by atoms with Crippen molar-refractivity contribution in [2.24, 2.45) is 11.7 Å². The molecule has 2 N–H and O–H groups in total. The Balaban J connectivity index is 1.71. The quantitative estimate of drug-likeness (QED) is 0.728. The third kappa shape index (κ3) is 2.48. The van der Waals surface area contributed by atoms with Gasteiger partial charge in [-0.15, -0.1) is 0 Å². The van der Waals surface area contributed by atoms with Crippen molar-refractivity contribution in [1.82, 2.24) is 4.90 Å². The second kappa shape index (κ2) is 5.13. The summed E-state index contributed by atoms with van der Waals surface area (Å²) >= 11 is 0. The molecule has 14 heavy (non-hydrogen) atoms. The minimum Gasteiger partial charge on any atom is -0.330 e. The molecule has 2 aliphatic rings. The molecule has 2 heteroatoms. The molecule has 2 fully saturated rings. The van der Waals surface area contributed by atoms with Crippen LogP contribution in [0.1, 0.15) is 44.9 Å². The first-order chi connectivity index (χ1) is 6.90. The third-order valence-corrected chi connectivity index (χ3v) is 3.96. The molecule has 0 aromatic rings. The summed E-state index contributed by atoms with van der Waals surface area (Å²) in [6, 6.07) is 0.874. The highest BCUT2D eigenvalue weighted by Crippen LogP contribution is 2.30. The smallest absolute Gasteiger partial charge is 0.00963 e. The van der Waals surface area contributed by atoms with Gasteiger partial charge in [-0.2, -0.15) is 0 Å². The van der Waals surface area contributed by atoms with Crippen molar-refractivity contribution in [3.8, 4) is 0 Å². The van der Waals surface area contributed by atoms with Gasteiger partial charge in [-0.3, -0.25) is 0 Å². The molecule has 1 saturated carbocycles. The van der Waals surface area contributed by atoms with Crippen LogP contribution in [0, 0.1) is 5.92 Å². The van der Waals surface area contributed by atoms with Crippen molar-refractivity contribution in [2.45, 2.75) is 51.0 Å². The highest BCUT2D eigenvalue weighted by molar-refractivity contribution is 4.83. The summed E-state index contributed by atoms with van der Waals surface area (Å²) in [5.74, 6) is 1.04. The molecule has 0 aromatic carbocycles. The van der Waals surface area contributed by atoms with Gasteiger partial charge in [-0.1, -0.05) is 6.42 Å². The van der Waals surface area contributed by atoms with Crippen molar-refractivity contribution in [1.29, 1.82) is 0 Å². The standard InChI is InChI=1S/C12H24N2/c13-8-2-6-12-7-3-9-14(12)10-11-4-1-5-11/h11-12H,1-10,13H2. The van der Waals surface area contributed by atoms with Crippen molar-refractivity contribution >= 4 is 0 Å². The molecule has 1 saturated heterocycles. The minimum absolute atomic E-state index is 0.869. The van der Waals surface area contributed by atoms with E-state index < -0.39 is 0 Å². The van der Waals surface area contributed by atoms with E-state index in [1.807, 2.05) is 0 Å². The molecule has 1 atom stereocenters. The number of likely N-dealkylation sites (tertiary alicyclic amines) is 1. The monoisotopic (exact) mass is 196 g/mol. The first kappa shape index (κ1) is 10.4.